The first-order chi connectivity index (χ1) is 15.2. The van der Waals surface area contributed by atoms with E-state index in [-0.39, 0.29) is 6.04 Å². The standard InChI is InChI=1S/C23H18ClN7/c1-15(16-5-3-2-4-6-16)27-23-25-12-11-22(28-23)31-14-26-19-13-17(7-9-20(19)31)18-8-10-21(24)30-29-18/h2-15H,1H3,(H,25,27,28)/t15-/m0/s1. The normalized spacial score (nSPS) is 12.1. The van der Waals surface area contributed by atoms with Crippen LogP contribution in [-0.4, -0.2) is 29.7 Å². The molecule has 0 amide bonds. The molecule has 1 atom stereocenters. The summed E-state index contributed by atoms with van der Waals surface area (Å²) >= 11 is 5.84. The first kappa shape index (κ1) is 19.1. The van der Waals surface area contributed by atoms with Crippen LogP contribution in [0, 0.1) is 0 Å². The molecule has 8 heteroatoms. The van der Waals surface area contributed by atoms with Gasteiger partial charge in [0.15, 0.2) is 5.15 Å². The monoisotopic (exact) mass is 427 g/mol. The molecule has 0 spiro atoms. The van der Waals surface area contributed by atoms with E-state index in [0.29, 0.717) is 11.1 Å². The Morgan fingerprint density at radius 1 is 0.935 bits per heavy atom. The third-order valence-corrected chi connectivity index (χ3v) is 5.21. The fourth-order valence-electron chi connectivity index (χ4n) is 3.40. The van der Waals surface area contributed by atoms with Crippen LogP contribution >= 0.6 is 11.6 Å². The van der Waals surface area contributed by atoms with Crippen molar-refractivity contribution < 1.29 is 0 Å². The average Bonchev–Trinajstić information content (AvgIpc) is 3.24. The van der Waals surface area contributed by atoms with E-state index >= 15 is 0 Å². The van der Waals surface area contributed by atoms with Crippen molar-refractivity contribution in [3.05, 3.63) is 90.0 Å². The summed E-state index contributed by atoms with van der Waals surface area (Å²) in [5.41, 5.74) is 4.60. The lowest BCUT2D eigenvalue weighted by Crippen LogP contribution is -2.10. The molecule has 5 rings (SSSR count). The topological polar surface area (TPSA) is 81.4 Å². The Morgan fingerprint density at radius 2 is 1.81 bits per heavy atom. The van der Waals surface area contributed by atoms with Gasteiger partial charge in [0.25, 0.3) is 0 Å². The molecule has 0 saturated carbocycles. The Labute approximate surface area is 183 Å². The molecule has 0 aliphatic carbocycles. The van der Waals surface area contributed by atoms with Crippen LogP contribution in [0.2, 0.25) is 5.15 Å². The Balaban J connectivity index is 1.44. The van der Waals surface area contributed by atoms with Gasteiger partial charge in [0, 0.05) is 11.8 Å². The third kappa shape index (κ3) is 3.95. The van der Waals surface area contributed by atoms with Gasteiger partial charge in [-0.1, -0.05) is 48.0 Å². The largest absolute Gasteiger partial charge is 0.348 e. The molecular formula is C23H18ClN7. The van der Waals surface area contributed by atoms with Gasteiger partial charge in [-0.3, -0.25) is 4.57 Å². The highest BCUT2D eigenvalue weighted by molar-refractivity contribution is 6.29. The summed E-state index contributed by atoms with van der Waals surface area (Å²) < 4.78 is 1.94. The predicted molar refractivity (Wildman–Crippen MR) is 121 cm³/mol. The highest BCUT2D eigenvalue weighted by Crippen LogP contribution is 2.24. The van der Waals surface area contributed by atoms with Crippen molar-refractivity contribution in [2.75, 3.05) is 5.32 Å². The summed E-state index contributed by atoms with van der Waals surface area (Å²) in [6.07, 6.45) is 3.50. The maximum atomic E-state index is 5.84. The molecule has 0 unspecified atom stereocenters. The second-order valence-electron chi connectivity index (χ2n) is 7.07. The maximum absolute atomic E-state index is 5.84. The fourth-order valence-corrected chi connectivity index (χ4v) is 3.50. The molecule has 5 aromatic rings. The molecule has 0 saturated heterocycles. The lowest BCUT2D eigenvalue weighted by Gasteiger charge is -2.14. The molecular weight excluding hydrogens is 410 g/mol. The summed E-state index contributed by atoms with van der Waals surface area (Å²) in [7, 11) is 0. The van der Waals surface area contributed by atoms with E-state index in [1.807, 2.05) is 53.1 Å². The van der Waals surface area contributed by atoms with E-state index in [2.05, 4.69) is 49.5 Å². The van der Waals surface area contributed by atoms with E-state index in [0.717, 1.165) is 28.1 Å². The van der Waals surface area contributed by atoms with Crippen molar-refractivity contribution in [3.63, 3.8) is 0 Å². The second kappa shape index (κ2) is 8.12. The number of anilines is 1. The van der Waals surface area contributed by atoms with Crippen LogP contribution in [-0.2, 0) is 0 Å². The molecule has 31 heavy (non-hydrogen) atoms. The zero-order valence-electron chi connectivity index (χ0n) is 16.6. The van der Waals surface area contributed by atoms with Gasteiger partial charge in [0.1, 0.15) is 12.1 Å². The predicted octanol–water partition coefficient (Wildman–Crippen LogP) is 5.10. The molecule has 0 fully saturated rings. The number of imidazole rings is 1. The molecule has 0 aliphatic heterocycles. The molecule has 0 bridgehead atoms. The Hall–Kier alpha value is -3.84. The molecule has 3 heterocycles. The number of fused-ring (bicyclic) bond motifs is 1. The number of hydrogen-bond donors (Lipinski definition) is 1. The second-order valence-corrected chi connectivity index (χ2v) is 7.46. The van der Waals surface area contributed by atoms with E-state index in [9.17, 15) is 0 Å². The van der Waals surface area contributed by atoms with Gasteiger partial charge in [-0.2, -0.15) is 4.98 Å². The van der Waals surface area contributed by atoms with Crippen molar-refractivity contribution in [1.82, 2.24) is 29.7 Å². The smallest absolute Gasteiger partial charge is 0.225 e. The summed E-state index contributed by atoms with van der Waals surface area (Å²) in [6, 6.07) is 21.6. The Kier molecular flexibility index (Phi) is 5.01. The SMILES string of the molecule is C[C@H](Nc1nccc(-n2cnc3cc(-c4ccc(Cl)nn4)ccc32)n1)c1ccccc1. The minimum absolute atomic E-state index is 0.0824. The van der Waals surface area contributed by atoms with E-state index in [1.165, 1.54) is 5.56 Å². The quantitative estimate of drug-likeness (QED) is 0.420. The van der Waals surface area contributed by atoms with E-state index in [1.54, 1.807) is 18.6 Å². The van der Waals surface area contributed by atoms with Crippen LogP contribution < -0.4 is 5.32 Å². The lowest BCUT2D eigenvalue weighted by molar-refractivity contribution is 0.854. The Bertz CT molecular complexity index is 1330. The minimum Gasteiger partial charge on any atom is -0.348 e. The van der Waals surface area contributed by atoms with Gasteiger partial charge in [-0.05, 0) is 42.8 Å². The number of nitrogens with zero attached hydrogens (tertiary/aromatic N) is 6. The minimum atomic E-state index is 0.0824. The number of halogens is 1. The van der Waals surface area contributed by atoms with Crippen LogP contribution in [0.25, 0.3) is 28.1 Å². The number of aromatic nitrogens is 6. The highest BCUT2D eigenvalue weighted by Gasteiger charge is 2.11. The number of rotatable bonds is 5. The van der Waals surface area contributed by atoms with Crippen molar-refractivity contribution in [1.29, 1.82) is 0 Å². The average molecular weight is 428 g/mol. The van der Waals surface area contributed by atoms with Gasteiger partial charge in [-0.25, -0.2) is 9.97 Å². The first-order valence-corrected chi connectivity index (χ1v) is 10.2. The first-order valence-electron chi connectivity index (χ1n) is 9.79. The van der Waals surface area contributed by atoms with Crippen LogP contribution in [0.15, 0.2) is 79.3 Å². The van der Waals surface area contributed by atoms with Crippen molar-refractivity contribution in [2.45, 2.75) is 13.0 Å². The van der Waals surface area contributed by atoms with E-state index < -0.39 is 0 Å². The van der Waals surface area contributed by atoms with Crippen LogP contribution in [0.5, 0.6) is 0 Å². The van der Waals surface area contributed by atoms with E-state index in [4.69, 9.17) is 11.6 Å². The fraction of sp³-hybridized carbons (Fsp3) is 0.0870. The van der Waals surface area contributed by atoms with Gasteiger partial charge >= 0.3 is 0 Å². The summed E-state index contributed by atoms with van der Waals surface area (Å²) in [5.74, 6) is 1.29. The van der Waals surface area contributed by atoms with Crippen LogP contribution in [0.3, 0.4) is 0 Å². The van der Waals surface area contributed by atoms with Crippen LogP contribution in [0.1, 0.15) is 18.5 Å². The molecule has 7 nitrogen and oxygen atoms in total. The molecule has 2 aromatic carbocycles. The van der Waals surface area contributed by atoms with Gasteiger partial charge in [-0.15, -0.1) is 10.2 Å². The third-order valence-electron chi connectivity index (χ3n) is 5.01. The molecule has 3 aromatic heterocycles. The number of benzene rings is 2. The Morgan fingerprint density at radius 3 is 2.61 bits per heavy atom. The van der Waals surface area contributed by atoms with Crippen LogP contribution in [0.4, 0.5) is 5.95 Å². The molecule has 152 valence electrons. The van der Waals surface area contributed by atoms with Gasteiger partial charge < -0.3 is 5.32 Å². The van der Waals surface area contributed by atoms with Gasteiger partial charge in [0.2, 0.25) is 5.95 Å². The summed E-state index contributed by atoms with van der Waals surface area (Å²) in [5, 5.41) is 11.8. The zero-order chi connectivity index (χ0) is 21.2. The van der Waals surface area contributed by atoms with Crippen molar-refractivity contribution >= 4 is 28.6 Å². The zero-order valence-corrected chi connectivity index (χ0v) is 17.4. The summed E-state index contributed by atoms with van der Waals surface area (Å²) in [4.78, 5) is 13.6. The summed E-state index contributed by atoms with van der Waals surface area (Å²) in [6.45, 7) is 2.08. The van der Waals surface area contributed by atoms with Gasteiger partial charge in [0.05, 0.1) is 22.8 Å². The molecule has 1 N–H and O–H groups in total. The number of nitrogens with one attached hydrogen (secondary N) is 1. The maximum Gasteiger partial charge on any atom is 0.225 e. The highest BCUT2D eigenvalue weighted by atomic mass is 35.5. The molecule has 0 aliphatic rings. The van der Waals surface area contributed by atoms with Crippen molar-refractivity contribution in [3.8, 4) is 17.1 Å². The van der Waals surface area contributed by atoms with Crippen molar-refractivity contribution in [2.24, 2.45) is 0 Å². The lowest BCUT2D eigenvalue weighted by atomic mass is 10.1. The number of hydrogen-bond acceptors (Lipinski definition) is 6. The molecule has 0 radical (unpaired) electrons.